The summed E-state index contributed by atoms with van der Waals surface area (Å²) in [6, 6.07) is 11.3. The van der Waals surface area contributed by atoms with Crippen LogP contribution in [-0.4, -0.2) is 31.3 Å². The second-order valence-corrected chi connectivity index (χ2v) is 4.44. The molecule has 23 heavy (non-hydrogen) atoms. The lowest BCUT2D eigenvalue weighted by Crippen LogP contribution is -2.35. The number of allylic oxidation sites excluding steroid dienone is 1. The van der Waals surface area contributed by atoms with Gasteiger partial charge in [0.2, 0.25) is 0 Å². The van der Waals surface area contributed by atoms with Crippen LogP contribution in [0.4, 0.5) is 0 Å². The highest BCUT2D eigenvalue weighted by Gasteiger charge is 2.30. The third-order valence-electron chi connectivity index (χ3n) is 2.73. The summed E-state index contributed by atoms with van der Waals surface area (Å²) in [6.07, 6.45) is -0.102. The smallest absolute Gasteiger partial charge is 0.359 e. The fourth-order valence-corrected chi connectivity index (χ4v) is 1.72. The molecule has 0 aliphatic carbocycles. The van der Waals surface area contributed by atoms with Gasteiger partial charge in [-0.2, -0.15) is 5.26 Å². The van der Waals surface area contributed by atoms with Gasteiger partial charge in [0.1, 0.15) is 0 Å². The molecular weight excluding hydrogens is 298 g/mol. The zero-order valence-corrected chi connectivity index (χ0v) is 13.2. The van der Waals surface area contributed by atoms with Gasteiger partial charge in [0.25, 0.3) is 6.10 Å². The van der Waals surface area contributed by atoms with Crippen LogP contribution in [0.1, 0.15) is 19.4 Å². The van der Waals surface area contributed by atoms with Crippen LogP contribution in [0.5, 0.6) is 0 Å². The minimum Gasteiger partial charge on any atom is -0.474 e. The first-order valence-corrected chi connectivity index (χ1v) is 7.24. The van der Waals surface area contributed by atoms with E-state index in [1.54, 1.807) is 13.8 Å². The molecule has 0 aliphatic rings. The molecule has 0 aromatic heterocycles. The second-order valence-electron chi connectivity index (χ2n) is 4.44. The molecule has 0 fully saturated rings. The molecule has 6 heteroatoms. The zero-order valence-electron chi connectivity index (χ0n) is 13.2. The zero-order chi connectivity index (χ0) is 17.1. The fourth-order valence-electron chi connectivity index (χ4n) is 1.72. The van der Waals surface area contributed by atoms with Crippen LogP contribution in [0, 0.1) is 11.3 Å². The summed E-state index contributed by atoms with van der Waals surface area (Å²) in [5.74, 6) is -1.70. The van der Waals surface area contributed by atoms with Crippen LogP contribution in [0.15, 0.2) is 42.2 Å². The van der Waals surface area contributed by atoms with Crippen LogP contribution in [0.25, 0.3) is 0 Å². The normalized spacial score (nSPS) is 10.8. The fraction of sp³-hybridized carbons (Fsp3) is 0.353. The van der Waals surface area contributed by atoms with E-state index in [4.69, 9.17) is 19.5 Å². The highest BCUT2D eigenvalue weighted by Crippen LogP contribution is 2.09. The van der Waals surface area contributed by atoms with Crippen LogP contribution in [-0.2, 0) is 30.2 Å². The van der Waals surface area contributed by atoms with Gasteiger partial charge < -0.3 is 14.2 Å². The standard InChI is InChI=1S/C17H19NO5/c1-3-21-16(19)15(17(20)22-4-2)23-12-14(11-18)10-13-8-6-5-7-9-13/h5-9,12,15H,3-4,10H2,1-2H3/b14-12-. The lowest BCUT2D eigenvalue weighted by Gasteiger charge is -2.14. The third-order valence-corrected chi connectivity index (χ3v) is 2.73. The Labute approximate surface area is 135 Å². The number of nitrogens with zero attached hydrogens (tertiary/aromatic N) is 1. The summed E-state index contributed by atoms with van der Waals surface area (Å²) >= 11 is 0. The van der Waals surface area contributed by atoms with Crippen molar-refractivity contribution in [2.75, 3.05) is 13.2 Å². The lowest BCUT2D eigenvalue weighted by atomic mass is 10.1. The Morgan fingerprint density at radius 1 is 1.13 bits per heavy atom. The van der Waals surface area contributed by atoms with Gasteiger partial charge in [-0.05, 0) is 19.4 Å². The SMILES string of the molecule is CCOC(=O)C(O/C=C(\C#N)Cc1ccccc1)C(=O)OCC. The molecule has 122 valence electrons. The van der Waals surface area contributed by atoms with Crippen molar-refractivity contribution in [3.63, 3.8) is 0 Å². The van der Waals surface area contributed by atoms with E-state index in [1.807, 2.05) is 36.4 Å². The maximum Gasteiger partial charge on any atom is 0.359 e. The van der Waals surface area contributed by atoms with Crippen LogP contribution >= 0.6 is 0 Å². The Morgan fingerprint density at radius 2 is 1.70 bits per heavy atom. The number of hydrogen-bond donors (Lipinski definition) is 0. The molecule has 0 radical (unpaired) electrons. The predicted octanol–water partition coefficient (Wildman–Crippen LogP) is 2.15. The molecule has 1 rings (SSSR count). The Balaban J connectivity index is 2.82. The minimum absolute atomic E-state index is 0.108. The monoisotopic (exact) mass is 317 g/mol. The number of ether oxygens (including phenoxy) is 3. The highest BCUT2D eigenvalue weighted by molar-refractivity contribution is 5.98. The van der Waals surface area contributed by atoms with E-state index in [-0.39, 0.29) is 18.8 Å². The molecule has 1 aromatic rings. The van der Waals surface area contributed by atoms with Gasteiger partial charge in [-0.15, -0.1) is 0 Å². The molecule has 0 bridgehead atoms. The van der Waals surface area contributed by atoms with E-state index >= 15 is 0 Å². The Bertz CT molecular complexity index is 571. The van der Waals surface area contributed by atoms with E-state index in [0.717, 1.165) is 11.8 Å². The first-order chi connectivity index (χ1) is 11.1. The summed E-state index contributed by atoms with van der Waals surface area (Å²) in [5, 5.41) is 9.15. The predicted molar refractivity (Wildman–Crippen MR) is 82.0 cm³/mol. The molecule has 0 heterocycles. The molecule has 6 nitrogen and oxygen atoms in total. The maximum atomic E-state index is 11.8. The van der Waals surface area contributed by atoms with Gasteiger partial charge in [-0.3, -0.25) is 0 Å². The molecule has 0 spiro atoms. The lowest BCUT2D eigenvalue weighted by molar-refractivity contribution is -0.168. The molecule has 0 amide bonds. The first-order valence-electron chi connectivity index (χ1n) is 7.24. The van der Waals surface area contributed by atoms with E-state index in [1.165, 1.54) is 0 Å². The average molecular weight is 317 g/mol. The molecule has 0 unspecified atom stereocenters. The van der Waals surface area contributed by atoms with Gasteiger partial charge in [-0.1, -0.05) is 30.3 Å². The molecule has 1 aromatic carbocycles. The Kier molecular flexibility index (Phi) is 7.94. The van der Waals surface area contributed by atoms with E-state index in [0.29, 0.717) is 6.42 Å². The van der Waals surface area contributed by atoms with Gasteiger partial charge in [0.05, 0.1) is 31.1 Å². The molecule has 0 aliphatic heterocycles. The Hall–Kier alpha value is -2.81. The molecule has 0 saturated carbocycles. The quantitative estimate of drug-likeness (QED) is 0.316. The Morgan fingerprint density at radius 3 is 2.17 bits per heavy atom. The van der Waals surface area contributed by atoms with Gasteiger partial charge in [0.15, 0.2) is 0 Å². The van der Waals surface area contributed by atoms with Crippen molar-refractivity contribution >= 4 is 11.9 Å². The number of carbonyl (C=O) groups is 2. The minimum atomic E-state index is -1.53. The average Bonchev–Trinajstić information content (AvgIpc) is 2.55. The van der Waals surface area contributed by atoms with E-state index in [2.05, 4.69) is 0 Å². The molecular formula is C17H19NO5. The van der Waals surface area contributed by atoms with Crippen LogP contribution < -0.4 is 0 Å². The van der Waals surface area contributed by atoms with E-state index < -0.39 is 18.0 Å². The summed E-state index contributed by atoms with van der Waals surface area (Å²) in [5.41, 5.74) is 1.18. The molecule has 0 saturated heterocycles. The number of benzene rings is 1. The first kappa shape index (κ1) is 18.2. The van der Waals surface area contributed by atoms with Crippen molar-refractivity contribution in [2.45, 2.75) is 26.4 Å². The summed E-state index contributed by atoms with van der Waals surface area (Å²) in [7, 11) is 0. The van der Waals surface area contributed by atoms with Crippen molar-refractivity contribution in [2.24, 2.45) is 0 Å². The van der Waals surface area contributed by atoms with Crippen molar-refractivity contribution < 1.29 is 23.8 Å². The summed E-state index contributed by atoms with van der Waals surface area (Å²) in [6.45, 7) is 3.45. The summed E-state index contributed by atoms with van der Waals surface area (Å²) < 4.78 is 14.7. The van der Waals surface area contributed by atoms with Crippen molar-refractivity contribution in [1.29, 1.82) is 5.26 Å². The number of carbonyl (C=O) groups excluding carboxylic acids is 2. The number of rotatable bonds is 8. The van der Waals surface area contributed by atoms with E-state index in [9.17, 15) is 9.59 Å². The third kappa shape index (κ3) is 6.22. The molecule has 0 N–H and O–H groups in total. The topological polar surface area (TPSA) is 85.6 Å². The van der Waals surface area contributed by atoms with Crippen molar-refractivity contribution in [3.8, 4) is 6.07 Å². The summed E-state index contributed by atoms with van der Waals surface area (Å²) in [4.78, 5) is 23.5. The van der Waals surface area contributed by atoms with Crippen LogP contribution in [0.3, 0.4) is 0 Å². The van der Waals surface area contributed by atoms with Gasteiger partial charge in [0, 0.05) is 6.42 Å². The van der Waals surface area contributed by atoms with Crippen molar-refractivity contribution in [3.05, 3.63) is 47.7 Å². The number of nitriles is 1. The van der Waals surface area contributed by atoms with Crippen molar-refractivity contribution in [1.82, 2.24) is 0 Å². The van der Waals surface area contributed by atoms with Crippen LogP contribution in [0.2, 0.25) is 0 Å². The highest BCUT2D eigenvalue weighted by atomic mass is 16.6. The number of esters is 2. The molecule has 0 atom stereocenters. The largest absolute Gasteiger partial charge is 0.474 e. The maximum absolute atomic E-state index is 11.8. The second kappa shape index (κ2) is 10.0. The van der Waals surface area contributed by atoms with Gasteiger partial charge in [-0.25, -0.2) is 9.59 Å². The number of hydrogen-bond acceptors (Lipinski definition) is 6. The van der Waals surface area contributed by atoms with Gasteiger partial charge >= 0.3 is 11.9 Å².